The van der Waals surface area contributed by atoms with E-state index < -0.39 is 58.9 Å². The highest BCUT2D eigenvalue weighted by Gasteiger charge is 2.47. The molecule has 2 aromatic carbocycles. The summed E-state index contributed by atoms with van der Waals surface area (Å²) in [6.45, 7) is 15.2. The molecule has 2 aliphatic heterocycles. The number of rotatable bonds is 14. The van der Waals surface area contributed by atoms with Gasteiger partial charge in [0.05, 0.1) is 37.3 Å². The molecule has 8 amide bonds. The summed E-state index contributed by atoms with van der Waals surface area (Å²) in [7, 11) is 3.34. The van der Waals surface area contributed by atoms with E-state index in [-0.39, 0.29) is 98.6 Å². The van der Waals surface area contributed by atoms with E-state index in [0.29, 0.717) is 25.7 Å². The second-order valence-electron chi connectivity index (χ2n) is 24.2. The first-order chi connectivity index (χ1) is 36.0. The number of carbonyl (C=O) groups is 8. The molecule has 5 aliphatic rings. The van der Waals surface area contributed by atoms with Crippen LogP contribution < -0.4 is 31.9 Å². The molecule has 3 fully saturated rings. The van der Waals surface area contributed by atoms with Crippen LogP contribution in [-0.2, 0) is 51.2 Å². The normalized spacial score (nSPS) is 24.6. The number of likely N-dealkylation sites (N-methyl/N-ethyl adjacent to an activating group) is 2. The third-order valence-corrected chi connectivity index (χ3v) is 16.8. The Hall–Kier alpha value is -5.88. The van der Waals surface area contributed by atoms with Crippen molar-refractivity contribution in [1.82, 2.24) is 51.5 Å². The van der Waals surface area contributed by atoms with Gasteiger partial charge in [0.25, 0.3) is 0 Å². The first-order valence-electron chi connectivity index (χ1n) is 27.9. The first kappa shape index (κ1) is 57.8. The molecule has 2 saturated heterocycles. The first-order valence-corrected chi connectivity index (χ1v) is 27.9. The van der Waals surface area contributed by atoms with Gasteiger partial charge in [-0.15, -0.1) is 0 Å². The number of nitrogens with zero attached hydrogens (tertiary/aromatic N) is 4. The predicted molar refractivity (Wildman–Crippen MR) is 290 cm³/mol. The summed E-state index contributed by atoms with van der Waals surface area (Å²) in [5.41, 5.74) is 3.03. The molecule has 416 valence electrons. The predicted octanol–water partition coefficient (Wildman–Crippen LogP) is 3.54. The molecule has 6 N–H and O–H groups in total. The Balaban J connectivity index is 1.05. The second-order valence-corrected chi connectivity index (χ2v) is 24.2. The fraction of sp³-hybridized carbons (Fsp3) is 0.655. The van der Waals surface area contributed by atoms with Crippen molar-refractivity contribution in [1.29, 1.82) is 0 Å². The standard InChI is InChI=1S/C58H86N10O8/c1-35(59-9)49(69)63-47(57(3,4)5)55(75)67-31-29-65(33-45(67)51(71)61-43-23-15-19-37-17-11-13-21-41(37)43)53(73)39-25-27-40(28-26-39)54(74)66-30-32-68(56(76)48(58(6,7)8)64-50(70)36(2)60-10)46(34-66)52(72)62-44-24-16-20-38-18-12-14-22-42(38)44/h11-14,17-18,21-22,35-36,39-40,43-48,59-60H,15-16,19-20,23-34H2,1-10H3,(H,61,71)(H,62,72)(H,63,69)(H,64,70)/t35-,36-,39?,40?,43+,44+,45-,46-,47+,48+/m0/s1. The maximum absolute atomic E-state index is 14.7. The van der Waals surface area contributed by atoms with Gasteiger partial charge in [0.2, 0.25) is 47.3 Å². The molecule has 0 aromatic heterocycles. The zero-order chi connectivity index (χ0) is 55.2. The maximum Gasteiger partial charge on any atom is 0.246 e. The van der Waals surface area contributed by atoms with E-state index >= 15 is 0 Å². The number of amides is 8. The lowest BCUT2D eigenvalue weighted by atomic mass is 9.80. The molecule has 2 aromatic rings. The molecule has 8 atom stereocenters. The van der Waals surface area contributed by atoms with Gasteiger partial charge in [0, 0.05) is 38.0 Å². The van der Waals surface area contributed by atoms with Crippen molar-refractivity contribution >= 4 is 47.3 Å². The van der Waals surface area contributed by atoms with Crippen LogP contribution in [0, 0.1) is 22.7 Å². The molecule has 0 spiro atoms. The molecule has 18 nitrogen and oxygen atoms in total. The third kappa shape index (κ3) is 13.3. The van der Waals surface area contributed by atoms with E-state index in [1.807, 2.05) is 77.9 Å². The van der Waals surface area contributed by atoms with Gasteiger partial charge in [-0.2, -0.15) is 0 Å². The highest BCUT2D eigenvalue weighted by Crippen LogP contribution is 2.36. The van der Waals surface area contributed by atoms with E-state index in [4.69, 9.17) is 0 Å². The Morgan fingerprint density at radius 2 is 0.868 bits per heavy atom. The van der Waals surface area contributed by atoms with Gasteiger partial charge in [0.1, 0.15) is 24.2 Å². The minimum Gasteiger partial charge on any atom is -0.347 e. The number of fused-ring (bicyclic) bond motifs is 2. The van der Waals surface area contributed by atoms with Gasteiger partial charge >= 0.3 is 0 Å². The second kappa shape index (κ2) is 24.6. The van der Waals surface area contributed by atoms with Gasteiger partial charge in [-0.1, -0.05) is 90.1 Å². The molecule has 7 rings (SSSR count). The Morgan fingerprint density at radius 1 is 0.513 bits per heavy atom. The van der Waals surface area contributed by atoms with Crippen LogP contribution in [0.25, 0.3) is 0 Å². The van der Waals surface area contributed by atoms with E-state index in [1.54, 1.807) is 47.5 Å². The summed E-state index contributed by atoms with van der Waals surface area (Å²) in [5, 5.41) is 18.3. The quantitative estimate of drug-likeness (QED) is 0.162. The number of hydrogen-bond donors (Lipinski definition) is 6. The molecule has 76 heavy (non-hydrogen) atoms. The molecule has 3 aliphatic carbocycles. The van der Waals surface area contributed by atoms with E-state index in [9.17, 15) is 38.4 Å². The van der Waals surface area contributed by atoms with Crippen LogP contribution >= 0.6 is 0 Å². The summed E-state index contributed by atoms with van der Waals surface area (Å²) >= 11 is 0. The van der Waals surface area contributed by atoms with Crippen molar-refractivity contribution < 1.29 is 38.4 Å². The third-order valence-electron chi connectivity index (χ3n) is 16.8. The number of nitrogens with one attached hydrogen (secondary N) is 6. The molecule has 18 heteroatoms. The van der Waals surface area contributed by atoms with Crippen LogP contribution in [0.15, 0.2) is 48.5 Å². The maximum atomic E-state index is 14.7. The summed E-state index contributed by atoms with van der Waals surface area (Å²) in [6, 6.07) is 10.6. The zero-order valence-corrected chi connectivity index (χ0v) is 46.8. The Kier molecular flexibility index (Phi) is 18.7. The number of carbonyl (C=O) groups excluding carboxylic acids is 8. The van der Waals surface area contributed by atoms with Crippen molar-refractivity contribution in [2.75, 3.05) is 53.4 Å². The SMILES string of the molecule is CN[C@@H](C)C(=O)N[C@H](C(=O)N1CCN(C(=O)C2CCC(C(=O)N3CCN(C(=O)[C@@H](NC(=O)[C@H](C)NC)C(C)(C)C)[C@H](C(=O)N[C@@H]4CCCc5ccccc54)C3)CC2)C[C@H]1C(=O)N[C@@H]1CCCc2ccccc21)C(C)(C)C. The number of piperazine rings is 2. The average molecular weight is 1050 g/mol. The van der Waals surface area contributed by atoms with Crippen molar-refractivity contribution in [3.05, 3.63) is 70.8 Å². The molecule has 0 radical (unpaired) electrons. The highest BCUT2D eigenvalue weighted by molar-refractivity contribution is 5.96. The largest absolute Gasteiger partial charge is 0.347 e. The summed E-state index contributed by atoms with van der Waals surface area (Å²) in [5.74, 6) is -3.24. The summed E-state index contributed by atoms with van der Waals surface area (Å²) in [4.78, 5) is 121. The monoisotopic (exact) mass is 1050 g/mol. The molecule has 0 unspecified atom stereocenters. The van der Waals surface area contributed by atoms with Crippen LogP contribution in [0.4, 0.5) is 0 Å². The van der Waals surface area contributed by atoms with Gasteiger partial charge in [-0.25, -0.2) is 0 Å². The fourth-order valence-electron chi connectivity index (χ4n) is 11.8. The fourth-order valence-corrected chi connectivity index (χ4v) is 11.8. The van der Waals surface area contributed by atoms with Crippen LogP contribution in [0.1, 0.15) is 141 Å². The molecular formula is C58H86N10O8. The lowest BCUT2D eigenvalue weighted by molar-refractivity contribution is -0.155. The Morgan fingerprint density at radius 3 is 1.21 bits per heavy atom. The minimum atomic E-state index is -1.02. The summed E-state index contributed by atoms with van der Waals surface area (Å²) < 4.78 is 0. The van der Waals surface area contributed by atoms with Gasteiger partial charge in [-0.05, 0) is 125 Å². The van der Waals surface area contributed by atoms with E-state index in [2.05, 4.69) is 44.0 Å². The van der Waals surface area contributed by atoms with Crippen molar-refractivity contribution in [2.24, 2.45) is 22.7 Å². The van der Waals surface area contributed by atoms with Gasteiger partial charge in [0.15, 0.2) is 0 Å². The topological polar surface area (TPSA) is 222 Å². The minimum absolute atomic E-state index is 0.0193. The molecule has 2 heterocycles. The Bertz CT molecular complexity index is 2290. The number of hydrogen-bond acceptors (Lipinski definition) is 10. The van der Waals surface area contributed by atoms with Crippen molar-refractivity contribution in [3.8, 4) is 0 Å². The average Bonchev–Trinajstić information content (AvgIpc) is 3.42. The zero-order valence-electron chi connectivity index (χ0n) is 46.8. The Labute approximate surface area is 450 Å². The molecule has 0 bridgehead atoms. The van der Waals surface area contributed by atoms with Crippen LogP contribution in [0.2, 0.25) is 0 Å². The van der Waals surface area contributed by atoms with Crippen LogP contribution in [0.5, 0.6) is 0 Å². The number of aryl methyl sites for hydroxylation is 2. The lowest BCUT2D eigenvalue weighted by Crippen LogP contribution is -2.67. The summed E-state index contributed by atoms with van der Waals surface area (Å²) in [6.07, 6.45) is 6.83. The van der Waals surface area contributed by atoms with Crippen molar-refractivity contribution in [3.63, 3.8) is 0 Å². The smallest absolute Gasteiger partial charge is 0.246 e. The molecule has 1 saturated carbocycles. The van der Waals surface area contributed by atoms with Crippen LogP contribution in [0.3, 0.4) is 0 Å². The van der Waals surface area contributed by atoms with Crippen LogP contribution in [-0.4, -0.2) is 156 Å². The van der Waals surface area contributed by atoms with Gasteiger partial charge < -0.3 is 51.5 Å². The van der Waals surface area contributed by atoms with Gasteiger partial charge in [-0.3, -0.25) is 38.4 Å². The highest BCUT2D eigenvalue weighted by atomic mass is 16.2. The molecular weight excluding hydrogens is 965 g/mol. The van der Waals surface area contributed by atoms with E-state index in [0.717, 1.165) is 49.7 Å². The van der Waals surface area contributed by atoms with Crippen molar-refractivity contribution in [2.45, 2.75) is 168 Å². The number of benzene rings is 2. The lowest BCUT2D eigenvalue weighted by Gasteiger charge is -2.46. The van der Waals surface area contributed by atoms with E-state index in [1.165, 1.54) is 11.1 Å².